The standard InChI is InChI=1S/C20H25NO5/c1-2-16(23)12-25-18-7-3-14(4-8-18)20(21)15-5-9-19(10-6-15)26-13-17(24)11-22/h3-10,16-17,21-24H,2,11-13H2,1H3. The van der Waals surface area contributed by atoms with Gasteiger partial charge in [-0.1, -0.05) is 6.92 Å². The van der Waals surface area contributed by atoms with Crippen LogP contribution < -0.4 is 9.47 Å². The number of benzene rings is 2. The van der Waals surface area contributed by atoms with E-state index in [0.717, 1.165) is 11.1 Å². The number of aliphatic hydroxyl groups is 3. The summed E-state index contributed by atoms with van der Waals surface area (Å²) in [6.07, 6.45) is -0.749. The Morgan fingerprint density at radius 1 is 0.846 bits per heavy atom. The largest absolute Gasteiger partial charge is 0.491 e. The van der Waals surface area contributed by atoms with Crippen molar-refractivity contribution in [2.75, 3.05) is 19.8 Å². The summed E-state index contributed by atoms with van der Waals surface area (Å²) in [5, 5.41) is 35.9. The van der Waals surface area contributed by atoms with Gasteiger partial charge in [0.1, 0.15) is 30.8 Å². The molecule has 0 bridgehead atoms. The van der Waals surface area contributed by atoms with Crippen molar-refractivity contribution in [1.29, 1.82) is 5.41 Å². The normalized spacial score (nSPS) is 13.1. The van der Waals surface area contributed by atoms with E-state index in [2.05, 4.69) is 0 Å². The summed E-state index contributed by atoms with van der Waals surface area (Å²) in [5.41, 5.74) is 1.85. The Kier molecular flexibility index (Phi) is 7.59. The molecule has 0 fully saturated rings. The second kappa shape index (κ2) is 9.91. The molecule has 0 spiro atoms. The Balaban J connectivity index is 1.95. The molecule has 0 aromatic heterocycles. The fourth-order valence-electron chi connectivity index (χ4n) is 2.16. The molecule has 2 aromatic carbocycles. The SMILES string of the molecule is CCC(O)COc1ccc(C(=N)c2ccc(OCC(O)CO)cc2)cc1. The number of hydrogen-bond donors (Lipinski definition) is 4. The van der Waals surface area contributed by atoms with Crippen LogP contribution in [-0.2, 0) is 0 Å². The van der Waals surface area contributed by atoms with Gasteiger partial charge in [-0.05, 0) is 55.0 Å². The molecule has 2 aromatic rings. The fourth-order valence-corrected chi connectivity index (χ4v) is 2.16. The van der Waals surface area contributed by atoms with Crippen LogP contribution in [0.3, 0.4) is 0 Å². The minimum absolute atomic E-state index is 0.0154. The molecule has 140 valence electrons. The summed E-state index contributed by atoms with van der Waals surface area (Å²) in [7, 11) is 0. The topological polar surface area (TPSA) is 103 Å². The minimum Gasteiger partial charge on any atom is -0.491 e. The maximum absolute atomic E-state index is 9.52. The first-order chi connectivity index (χ1) is 12.5. The summed E-state index contributed by atoms with van der Waals surface area (Å²) >= 11 is 0. The monoisotopic (exact) mass is 359 g/mol. The second-order valence-corrected chi connectivity index (χ2v) is 5.94. The molecular weight excluding hydrogens is 334 g/mol. The van der Waals surface area contributed by atoms with E-state index >= 15 is 0 Å². The van der Waals surface area contributed by atoms with E-state index in [0.29, 0.717) is 23.6 Å². The van der Waals surface area contributed by atoms with E-state index in [9.17, 15) is 10.2 Å². The van der Waals surface area contributed by atoms with E-state index in [-0.39, 0.29) is 19.8 Å². The van der Waals surface area contributed by atoms with Crippen LogP contribution in [0.2, 0.25) is 0 Å². The van der Waals surface area contributed by atoms with Crippen molar-refractivity contribution < 1.29 is 24.8 Å². The average molecular weight is 359 g/mol. The number of rotatable bonds is 10. The van der Waals surface area contributed by atoms with Crippen molar-refractivity contribution in [2.45, 2.75) is 25.6 Å². The van der Waals surface area contributed by atoms with Crippen molar-refractivity contribution in [2.24, 2.45) is 0 Å². The van der Waals surface area contributed by atoms with Gasteiger partial charge in [0.15, 0.2) is 0 Å². The molecule has 0 saturated heterocycles. The van der Waals surface area contributed by atoms with Crippen LogP contribution in [0.1, 0.15) is 24.5 Å². The van der Waals surface area contributed by atoms with Gasteiger partial charge in [0, 0.05) is 11.1 Å². The molecule has 0 aliphatic rings. The van der Waals surface area contributed by atoms with Crippen LogP contribution in [-0.4, -0.2) is 53.1 Å². The molecule has 4 N–H and O–H groups in total. The molecule has 0 aliphatic carbocycles. The summed E-state index contributed by atoms with van der Waals surface area (Å²) in [6.45, 7) is 1.81. The smallest absolute Gasteiger partial charge is 0.119 e. The van der Waals surface area contributed by atoms with E-state index < -0.39 is 12.2 Å². The lowest BCUT2D eigenvalue weighted by atomic mass is 10.0. The summed E-state index contributed by atoms with van der Waals surface area (Å²) in [6, 6.07) is 14.1. The maximum Gasteiger partial charge on any atom is 0.119 e. The van der Waals surface area contributed by atoms with Gasteiger partial charge in [0.05, 0.1) is 18.4 Å². The van der Waals surface area contributed by atoms with Crippen molar-refractivity contribution in [3.05, 3.63) is 59.7 Å². The highest BCUT2D eigenvalue weighted by Crippen LogP contribution is 2.18. The van der Waals surface area contributed by atoms with E-state index in [1.165, 1.54) is 0 Å². The minimum atomic E-state index is -0.910. The van der Waals surface area contributed by atoms with Gasteiger partial charge in [-0.2, -0.15) is 0 Å². The van der Waals surface area contributed by atoms with E-state index in [1.54, 1.807) is 48.5 Å². The highest BCUT2D eigenvalue weighted by atomic mass is 16.5. The van der Waals surface area contributed by atoms with Crippen molar-refractivity contribution in [3.8, 4) is 11.5 Å². The molecule has 0 aliphatic heterocycles. The zero-order valence-electron chi connectivity index (χ0n) is 14.8. The maximum atomic E-state index is 9.52. The Bertz CT molecular complexity index is 625. The first-order valence-corrected chi connectivity index (χ1v) is 8.55. The van der Waals surface area contributed by atoms with E-state index in [1.807, 2.05) is 6.92 Å². The van der Waals surface area contributed by atoms with Gasteiger partial charge in [-0.15, -0.1) is 0 Å². The Morgan fingerprint density at radius 3 is 1.65 bits per heavy atom. The molecular formula is C20H25NO5. The lowest BCUT2D eigenvalue weighted by Crippen LogP contribution is -2.21. The van der Waals surface area contributed by atoms with Crippen LogP contribution in [0.4, 0.5) is 0 Å². The fraction of sp³-hybridized carbons (Fsp3) is 0.350. The Labute approximate surface area is 153 Å². The zero-order valence-corrected chi connectivity index (χ0v) is 14.8. The lowest BCUT2D eigenvalue weighted by molar-refractivity contribution is 0.0536. The first-order valence-electron chi connectivity index (χ1n) is 8.55. The third-order valence-corrected chi connectivity index (χ3v) is 3.85. The summed E-state index contributed by atoms with van der Waals surface area (Å²) in [5.74, 6) is 1.22. The van der Waals surface area contributed by atoms with Crippen molar-refractivity contribution in [3.63, 3.8) is 0 Å². The zero-order chi connectivity index (χ0) is 18.9. The quantitative estimate of drug-likeness (QED) is 0.486. The molecule has 26 heavy (non-hydrogen) atoms. The van der Waals surface area contributed by atoms with Gasteiger partial charge in [0.25, 0.3) is 0 Å². The van der Waals surface area contributed by atoms with Crippen molar-refractivity contribution >= 4 is 5.71 Å². The highest BCUT2D eigenvalue weighted by molar-refractivity contribution is 6.10. The molecule has 6 nitrogen and oxygen atoms in total. The van der Waals surface area contributed by atoms with Crippen LogP contribution in [0.15, 0.2) is 48.5 Å². The average Bonchev–Trinajstić information content (AvgIpc) is 2.70. The Morgan fingerprint density at radius 2 is 1.27 bits per heavy atom. The molecule has 0 heterocycles. The van der Waals surface area contributed by atoms with Gasteiger partial charge in [-0.3, -0.25) is 5.41 Å². The van der Waals surface area contributed by atoms with Gasteiger partial charge < -0.3 is 24.8 Å². The second-order valence-electron chi connectivity index (χ2n) is 5.94. The number of aliphatic hydroxyl groups excluding tert-OH is 3. The molecule has 2 rings (SSSR count). The van der Waals surface area contributed by atoms with Gasteiger partial charge >= 0.3 is 0 Å². The van der Waals surface area contributed by atoms with Crippen LogP contribution in [0.25, 0.3) is 0 Å². The first kappa shape index (κ1) is 19.9. The number of ether oxygens (including phenoxy) is 2. The number of hydrogen-bond acceptors (Lipinski definition) is 6. The molecule has 2 atom stereocenters. The molecule has 0 amide bonds. The van der Waals surface area contributed by atoms with Crippen LogP contribution >= 0.6 is 0 Å². The predicted octanol–water partition coefficient (Wildman–Crippen LogP) is 1.98. The van der Waals surface area contributed by atoms with Crippen LogP contribution in [0, 0.1) is 5.41 Å². The molecule has 6 heteroatoms. The Hall–Kier alpha value is -2.41. The van der Waals surface area contributed by atoms with E-state index in [4.69, 9.17) is 20.0 Å². The van der Waals surface area contributed by atoms with Gasteiger partial charge in [-0.25, -0.2) is 0 Å². The van der Waals surface area contributed by atoms with Crippen LogP contribution in [0.5, 0.6) is 11.5 Å². The summed E-state index contributed by atoms with van der Waals surface area (Å²) < 4.78 is 10.8. The highest BCUT2D eigenvalue weighted by Gasteiger charge is 2.08. The molecule has 0 saturated carbocycles. The number of nitrogens with one attached hydrogen (secondary N) is 1. The molecule has 0 radical (unpaired) electrons. The predicted molar refractivity (Wildman–Crippen MR) is 99.2 cm³/mol. The van der Waals surface area contributed by atoms with Gasteiger partial charge in [0.2, 0.25) is 0 Å². The third-order valence-electron chi connectivity index (χ3n) is 3.85. The third kappa shape index (κ3) is 5.84. The molecule has 2 unspecified atom stereocenters. The van der Waals surface area contributed by atoms with Crippen molar-refractivity contribution in [1.82, 2.24) is 0 Å². The summed E-state index contributed by atoms with van der Waals surface area (Å²) in [4.78, 5) is 0. The lowest BCUT2D eigenvalue weighted by Gasteiger charge is -2.12.